The molecule has 0 amide bonds. The summed E-state index contributed by atoms with van der Waals surface area (Å²) in [5.74, 6) is 0. The highest BCUT2D eigenvalue weighted by molar-refractivity contribution is 4.59. The van der Waals surface area contributed by atoms with Crippen molar-refractivity contribution in [2.45, 2.75) is 83.4 Å². The van der Waals surface area contributed by atoms with E-state index in [1.165, 1.54) is 25.7 Å². The van der Waals surface area contributed by atoms with Gasteiger partial charge in [-0.25, -0.2) is 0 Å². The number of aliphatic hydroxyl groups excluding tert-OH is 1. The van der Waals surface area contributed by atoms with E-state index in [4.69, 9.17) is 0 Å². The maximum atomic E-state index is 11.8. The van der Waals surface area contributed by atoms with E-state index >= 15 is 0 Å². The molecule has 0 saturated carbocycles. The van der Waals surface area contributed by atoms with E-state index in [-0.39, 0.29) is 12.8 Å². The second-order valence-corrected chi connectivity index (χ2v) is 4.72. The summed E-state index contributed by atoms with van der Waals surface area (Å²) < 4.78 is 35.5. The molecule has 104 valence electrons. The number of hydrogen-bond donors (Lipinski definition) is 1. The summed E-state index contributed by atoms with van der Waals surface area (Å²) in [5, 5.41) is 9.48. The summed E-state index contributed by atoms with van der Waals surface area (Å²) in [6.07, 6.45) is 2.40. The first kappa shape index (κ1) is 16.8. The third kappa shape index (κ3) is 13.7. The predicted molar refractivity (Wildman–Crippen MR) is 63.9 cm³/mol. The third-order valence-corrected chi connectivity index (χ3v) is 2.89. The smallest absolute Gasteiger partial charge is 0.389 e. The minimum atomic E-state index is -4.08. The van der Waals surface area contributed by atoms with E-state index in [2.05, 4.69) is 6.92 Å². The molecule has 0 spiro atoms. The van der Waals surface area contributed by atoms with Crippen molar-refractivity contribution in [2.75, 3.05) is 0 Å². The lowest BCUT2D eigenvalue weighted by molar-refractivity contribution is -0.136. The molecule has 4 heteroatoms. The van der Waals surface area contributed by atoms with Crippen molar-refractivity contribution in [1.82, 2.24) is 0 Å². The summed E-state index contributed by atoms with van der Waals surface area (Å²) in [7, 11) is 0. The summed E-state index contributed by atoms with van der Waals surface area (Å²) in [4.78, 5) is 0. The van der Waals surface area contributed by atoms with Gasteiger partial charge in [-0.15, -0.1) is 0 Å². The number of unbranched alkanes of at least 4 members (excludes halogenated alkanes) is 5. The van der Waals surface area contributed by atoms with E-state index < -0.39 is 18.7 Å². The van der Waals surface area contributed by atoms with Crippen LogP contribution in [-0.2, 0) is 0 Å². The SMILES string of the molecule is CCCCCCCCC(O)CCCC(F)(F)F. The van der Waals surface area contributed by atoms with Gasteiger partial charge < -0.3 is 5.11 Å². The number of aliphatic hydroxyl groups is 1. The summed E-state index contributed by atoms with van der Waals surface area (Å²) in [6.45, 7) is 2.16. The Balaban J connectivity index is 3.26. The van der Waals surface area contributed by atoms with Crippen LogP contribution in [0, 0.1) is 0 Å². The lowest BCUT2D eigenvalue weighted by Gasteiger charge is -2.11. The molecule has 1 atom stereocenters. The first-order valence-corrected chi connectivity index (χ1v) is 6.70. The average molecular weight is 254 g/mol. The highest BCUT2D eigenvalue weighted by atomic mass is 19.4. The lowest BCUT2D eigenvalue weighted by Crippen LogP contribution is -2.11. The molecule has 0 aliphatic rings. The van der Waals surface area contributed by atoms with E-state index in [9.17, 15) is 18.3 Å². The Morgan fingerprint density at radius 3 is 2.00 bits per heavy atom. The van der Waals surface area contributed by atoms with Gasteiger partial charge in [0, 0.05) is 6.42 Å². The number of alkyl halides is 3. The van der Waals surface area contributed by atoms with E-state index in [1.54, 1.807) is 0 Å². The Labute approximate surface area is 102 Å². The minimum Gasteiger partial charge on any atom is -0.393 e. The molecule has 1 N–H and O–H groups in total. The number of hydrogen-bond acceptors (Lipinski definition) is 1. The topological polar surface area (TPSA) is 20.2 Å². The number of halogens is 3. The fraction of sp³-hybridized carbons (Fsp3) is 1.00. The van der Waals surface area contributed by atoms with Crippen molar-refractivity contribution < 1.29 is 18.3 Å². The van der Waals surface area contributed by atoms with Gasteiger partial charge in [-0.05, 0) is 19.3 Å². The van der Waals surface area contributed by atoms with Crippen molar-refractivity contribution in [3.63, 3.8) is 0 Å². The molecular weight excluding hydrogens is 229 g/mol. The van der Waals surface area contributed by atoms with Crippen LogP contribution in [-0.4, -0.2) is 17.4 Å². The second-order valence-electron chi connectivity index (χ2n) is 4.72. The molecule has 0 aromatic heterocycles. The summed E-state index contributed by atoms with van der Waals surface area (Å²) in [6, 6.07) is 0. The maximum Gasteiger partial charge on any atom is 0.389 e. The third-order valence-electron chi connectivity index (χ3n) is 2.89. The van der Waals surface area contributed by atoms with Gasteiger partial charge in [0.1, 0.15) is 0 Å². The molecule has 0 aromatic carbocycles. The first-order chi connectivity index (χ1) is 7.95. The Morgan fingerprint density at radius 2 is 1.41 bits per heavy atom. The Kier molecular flexibility index (Phi) is 9.60. The second kappa shape index (κ2) is 9.75. The highest BCUT2D eigenvalue weighted by Crippen LogP contribution is 2.23. The van der Waals surface area contributed by atoms with Crippen molar-refractivity contribution in [2.24, 2.45) is 0 Å². The van der Waals surface area contributed by atoms with Gasteiger partial charge >= 0.3 is 6.18 Å². The highest BCUT2D eigenvalue weighted by Gasteiger charge is 2.26. The monoisotopic (exact) mass is 254 g/mol. The molecule has 0 saturated heterocycles. The largest absolute Gasteiger partial charge is 0.393 e. The standard InChI is InChI=1S/C13H25F3O/c1-2-3-4-5-6-7-9-12(17)10-8-11-13(14,15)16/h12,17H,2-11H2,1H3. The van der Waals surface area contributed by atoms with Gasteiger partial charge in [0.05, 0.1) is 6.10 Å². The van der Waals surface area contributed by atoms with E-state index in [0.29, 0.717) is 6.42 Å². The quantitative estimate of drug-likeness (QED) is 0.553. The van der Waals surface area contributed by atoms with E-state index in [0.717, 1.165) is 12.8 Å². The van der Waals surface area contributed by atoms with Crippen LogP contribution in [0.2, 0.25) is 0 Å². The molecule has 0 bridgehead atoms. The molecule has 0 aliphatic heterocycles. The molecule has 1 unspecified atom stereocenters. The Morgan fingerprint density at radius 1 is 0.882 bits per heavy atom. The van der Waals surface area contributed by atoms with Crippen molar-refractivity contribution >= 4 is 0 Å². The van der Waals surface area contributed by atoms with Gasteiger partial charge in [-0.1, -0.05) is 45.4 Å². The van der Waals surface area contributed by atoms with Crippen LogP contribution >= 0.6 is 0 Å². The van der Waals surface area contributed by atoms with Gasteiger partial charge in [0.15, 0.2) is 0 Å². The summed E-state index contributed by atoms with van der Waals surface area (Å²) >= 11 is 0. The Hall–Kier alpha value is -0.250. The zero-order valence-corrected chi connectivity index (χ0v) is 10.7. The van der Waals surface area contributed by atoms with Crippen LogP contribution in [0.3, 0.4) is 0 Å². The molecule has 0 fully saturated rings. The van der Waals surface area contributed by atoms with E-state index in [1.807, 2.05) is 0 Å². The van der Waals surface area contributed by atoms with Crippen LogP contribution in [0.4, 0.5) is 13.2 Å². The van der Waals surface area contributed by atoms with Crippen LogP contribution in [0.1, 0.15) is 71.1 Å². The lowest BCUT2D eigenvalue weighted by atomic mass is 10.0. The number of rotatable bonds is 10. The van der Waals surface area contributed by atoms with Crippen LogP contribution in [0.25, 0.3) is 0 Å². The molecular formula is C13H25F3O. The van der Waals surface area contributed by atoms with Crippen molar-refractivity contribution in [3.8, 4) is 0 Å². The minimum absolute atomic E-state index is 0.0422. The first-order valence-electron chi connectivity index (χ1n) is 6.70. The van der Waals surface area contributed by atoms with Crippen LogP contribution in [0.5, 0.6) is 0 Å². The molecule has 0 aliphatic carbocycles. The predicted octanol–water partition coefficient (Wildman–Crippen LogP) is 4.83. The van der Waals surface area contributed by atoms with Crippen molar-refractivity contribution in [3.05, 3.63) is 0 Å². The average Bonchev–Trinajstić information content (AvgIpc) is 2.21. The Bertz CT molecular complexity index is 169. The van der Waals surface area contributed by atoms with Crippen LogP contribution < -0.4 is 0 Å². The zero-order valence-electron chi connectivity index (χ0n) is 10.7. The molecule has 0 aromatic rings. The molecule has 1 nitrogen and oxygen atoms in total. The zero-order chi connectivity index (χ0) is 13.1. The van der Waals surface area contributed by atoms with Gasteiger partial charge in [0.2, 0.25) is 0 Å². The molecule has 0 heterocycles. The van der Waals surface area contributed by atoms with Crippen molar-refractivity contribution in [1.29, 1.82) is 0 Å². The van der Waals surface area contributed by atoms with Gasteiger partial charge in [-0.3, -0.25) is 0 Å². The van der Waals surface area contributed by atoms with Gasteiger partial charge in [-0.2, -0.15) is 13.2 Å². The van der Waals surface area contributed by atoms with Gasteiger partial charge in [0.25, 0.3) is 0 Å². The molecule has 17 heavy (non-hydrogen) atoms. The maximum absolute atomic E-state index is 11.8. The van der Waals surface area contributed by atoms with Crippen LogP contribution in [0.15, 0.2) is 0 Å². The fourth-order valence-corrected chi connectivity index (χ4v) is 1.84. The molecule has 0 rings (SSSR count). The fourth-order valence-electron chi connectivity index (χ4n) is 1.84. The molecule has 0 radical (unpaired) electrons. The normalized spacial score (nSPS) is 13.9. The summed E-state index contributed by atoms with van der Waals surface area (Å²) in [5.41, 5.74) is 0.